The topological polar surface area (TPSA) is 27.1 Å². The van der Waals surface area contributed by atoms with Crippen LogP contribution in [-0.4, -0.2) is 9.55 Å². The van der Waals surface area contributed by atoms with Crippen LogP contribution in [0.25, 0.3) is 0 Å². The van der Waals surface area contributed by atoms with Crippen LogP contribution in [0, 0.1) is 6.92 Å². The van der Waals surface area contributed by atoms with Gasteiger partial charge < -0.3 is 9.30 Å². The fourth-order valence-corrected chi connectivity index (χ4v) is 3.19. The first-order chi connectivity index (χ1) is 12.1. The molecule has 0 N–H and O–H groups in total. The van der Waals surface area contributed by atoms with Crippen LogP contribution < -0.4 is 0 Å². The van der Waals surface area contributed by atoms with Crippen molar-refractivity contribution in [3.8, 4) is 0 Å². The Morgan fingerprint density at radius 3 is 2.60 bits per heavy atom. The smallest absolute Gasteiger partial charge is 0.0945 e. The lowest BCUT2D eigenvalue weighted by atomic mass is 10.1. The summed E-state index contributed by atoms with van der Waals surface area (Å²) in [5.74, 6) is 0. The minimum Gasteiger partial charge on any atom is -0.369 e. The van der Waals surface area contributed by atoms with Gasteiger partial charge in [0.15, 0.2) is 0 Å². The maximum Gasteiger partial charge on any atom is 0.0945 e. The van der Waals surface area contributed by atoms with Gasteiger partial charge in [-0.1, -0.05) is 59.1 Å². The number of ether oxygens (including phenoxy) is 1. The maximum atomic E-state index is 6.40. The summed E-state index contributed by atoms with van der Waals surface area (Å²) >= 11 is 12.4. The van der Waals surface area contributed by atoms with Crippen molar-refractivity contribution >= 4 is 23.2 Å². The molecule has 3 aromatic rings. The summed E-state index contributed by atoms with van der Waals surface area (Å²) in [5, 5.41) is 1.26. The molecule has 3 nitrogen and oxygen atoms in total. The molecule has 0 saturated heterocycles. The van der Waals surface area contributed by atoms with Crippen molar-refractivity contribution in [2.75, 3.05) is 0 Å². The molecule has 0 aliphatic carbocycles. The molecule has 0 saturated carbocycles. The molecule has 1 heterocycles. The molecule has 2 aromatic carbocycles. The van der Waals surface area contributed by atoms with Gasteiger partial charge in [0.1, 0.15) is 0 Å². The van der Waals surface area contributed by atoms with Crippen molar-refractivity contribution < 1.29 is 4.74 Å². The summed E-state index contributed by atoms with van der Waals surface area (Å²) in [6.07, 6.45) is 6.20. The maximum absolute atomic E-state index is 6.40. The summed E-state index contributed by atoms with van der Waals surface area (Å²) in [7, 11) is 0. The van der Waals surface area contributed by atoms with E-state index >= 15 is 0 Å². The minimum absolute atomic E-state index is 0.117. The zero-order valence-corrected chi connectivity index (χ0v) is 15.5. The fraction of sp³-hybridized carbons (Fsp3) is 0.250. The highest BCUT2D eigenvalue weighted by molar-refractivity contribution is 6.35. The van der Waals surface area contributed by atoms with Crippen molar-refractivity contribution in [3.05, 3.63) is 87.9 Å². The van der Waals surface area contributed by atoms with Gasteiger partial charge in [-0.2, -0.15) is 0 Å². The van der Waals surface area contributed by atoms with Gasteiger partial charge in [-0.05, 0) is 36.6 Å². The Hall–Kier alpha value is -1.81. The van der Waals surface area contributed by atoms with E-state index in [2.05, 4.69) is 36.2 Å². The predicted octanol–water partition coefficient (Wildman–Crippen LogP) is 5.85. The van der Waals surface area contributed by atoms with E-state index in [4.69, 9.17) is 27.9 Å². The third-order valence-electron chi connectivity index (χ3n) is 4.09. The molecule has 130 valence electrons. The van der Waals surface area contributed by atoms with E-state index < -0.39 is 0 Å². The second-order valence-corrected chi connectivity index (χ2v) is 6.88. The highest BCUT2D eigenvalue weighted by atomic mass is 35.5. The average Bonchev–Trinajstić information content (AvgIpc) is 3.11. The molecule has 1 atom stereocenters. The number of aryl methyl sites for hydroxylation is 2. The number of hydrogen-bond donors (Lipinski definition) is 0. The first kappa shape index (κ1) is 18.0. The molecule has 0 spiro atoms. The van der Waals surface area contributed by atoms with Crippen molar-refractivity contribution in [1.82, 2.24) is 9.55 Å². The Morgan fingerprint density at radius 1 is 1.12 bits per heavy atom. The molecule has 0 radical (unpaired) electrons. The SMILES string of the molecule is Cc1ccc(COC(CCn2ccnc2)c2ccc(Cl)cc2Cl)cc1. The predicted molar refractivity (Wildman–Crippen MR) is 102 cm³/mol. The van der Waals surface area contributed by atoms with Crippen LogP contribution in [0.2, 0.25) is 10.0 Å². The number of rotatable bonds is 7. The van der Waals surface area contributed by atoms with E-state index in [1.165, 1.54) is 5.56 Å². The molecular formula is C20H20Cl2N2O. The van der Waals surface area contributed by atoms with Gasteiger partial charge in [0.25, 0.3) is 0 Å². The Balaban J connectivity index is 1.74. The van der Waals surface area contributed by atoms with Gasteiger partial charge in [0.2, 0.25) is 0 Å². The molecule has 0 aliphatic heterocycles. The van der Waals surface area contributed by atoms with Gasteiger partial charge in [-0.3, -0.25) is 0 Å². The zero-order valence-electron chi connectivity index (χ0n) is 14.0. The van der Waals surface area contributed by atoms with Crippen molar-refractivity contribution in [1.29, 1.82) is 0 Å². The summed E-state index contributed by atoms with van der Waals surface area (Å²) in [6.45, 7) is 3.41. The van der Waals surface area contributed by atoms with Crippen LogP contribution in [0.4, 0.5) is 0 Å². The molecule has 25 heavy (non-hydrogen) atoms. The van der Waals surface area contributed by atoms with Crippen molar-refractivity contribution in [2.45, 2.75) is 32.6 Å². The second kappa shape index (κ2) is 8.52. The molecule has 0 fully saturated rings. The monoisotopic (exact) mass is 374 g/mol. The van der Waals surface area contributed by atoms with E-state index in [9.17, 15) is 0 Å². The van der Waals surface area contributed by atoms with E-state index in [0.717, 1.165) is 24.1 Å². The van der Waals surface area contributed by atoms with Gasteiger partial charge in [0, 0.05) is 29.0 Å². The Kier molecular flexibility index (Phi) is 6.14. The Bertz CT molecular complexity index is 801. The molecule has 1 aromatic heterocycles. The average molecular weight is 375 g/mol. The molecule has 3 rings (SSSR count). The molecule has 0 aliphatic rings. The second-order valence-electron chi connectivity index (χ2n) is 6.04. The lowest BCUT2D eigenvalue weighted by Crippen LogP contribution is -2.09. The van der Waals surface area contributed by atoms with Crippen LogP contribution >= 0.6 is 23.2 Å². The zero-order chi connectivity index (χ0) is 17.6. The van der Waals surface area contributed by atoms with Crippen molar-refractivity contribution in [2.24, 2.45) is 0 Å². The lowest BCUT2D eigenvalue weighted by molar-refractivity contribution is 0.0311. The first-order valence-electron chi connectivity index (χ1n) is 8.19. The number of benzene rings is 2. The Morgan fingerprint density at radius 2 is 1.92 bits per heavy atom. The van der Waals surface area contributed by atoms with E-state index in [1.54, 1.807) is 18.6 Å². The summed E-state index contributed by atoms with van der Waals surface area (Å²) in [4.78, 5) is 4.08. The van der Waals surface area contributed by atoms with Crippen LogP contribution in [-0.2, 0) is 17.9 Å². The molecular weight excluding hydrogens is 355 g/mol. The highest BCUT2D eigenvalue weighted by Gasteiger charge is 2.16. The summed E-state index contributed by atoms with van der Waals surface area (Å²) < 4.78 is 8.25. The summed E-state index contributed by atoms with van der Waals surface area (Å²) in [5.41, 5.74) is 3.34. The fourth-order valence-electron chi connectivity index (χ4n) is 2.66. The third kappa shape index (κ3) is 5.08. The molecule has 0 bridgehead atoms. The molecule has 0 amide bonds. The van der Waals surface area contributed by atoms with Gasteiger partial charge in [0.05, 0.1) is 19.0 Å². The van der Waals surface area contributed by atoms with Crippen LogP contribution in [0.15, 0.2) is 61.2 Å². The van der Waals surface area contributed by atoms with Gasteiger partial charge in [-0.25, -0.2) is 4.98 Å². The highest BCUT2D eigenvalue weighted by Crippen LogP contribution is 2.31. The molecule has 1 unspecified atom stereocenters. The van der Waals surface area contributed by atoms with Crippen molar-refractivity contribution in [3.63, 3.8) is 0 Å². The minimum atomic E-state index is -0.117. The largest absolute Gasteiger partial charge is 0.369 e. The first-order valence-corrected chi connectivity index (χ1v) is 8.95. The quantitative estimate of drug-likeness (QED) is 0.518. The van der Waals surface area contributed by atoms with Gasteiger partial charge >= 0.3 is 0 Å². The molecule has 5 heteroatoms. The number of halogens is 2. The summed E-state index contributed by atoms with van der Waals surface area (Å²) in [6, 6.07) is 13.9. The number of hydrogen-bond acceptors (Lipinski definition) is 2. The van der Waals surface area contributed by atoms with Crippen LogP contribution in [0.1, 0.15) is 29.2 Å². The van der Waals surface area contributed by atoms with E-state index in [0.29, 0.717) is 16.7 Å². The van der Waals surface area contributed by atoms with Gasteiger partial charge in [-0.15, -0.1) is 0 Å². The Labute approximate surface area is 158 Å². The number of imidazole rings is 1. The number of nitrogens with zero attached hydrogens (tertiary/aromatic N) is 2. The van der Waals surface area contributed by atoms with Crippen LogP contribution in [0.5, 0.6) is 0 Å². The van der Waals surface area contributed by atoms with E-state index in [-0.39, 0.29) is 6.10 Å². The lowest BCUT2D eigenvalue weighted by Gasteiger charge is -2.20. The normalized spacial score (nSPS) is 12.3. The third-order valence-corrected chi connectivity index (χ3v) is 4.65. The standard InChI is InChI=1S/C20H20Cl2N2O/c1-15-2-4-16(5-3-15)13-25-20(8-10-24-11-9-23-14-24)18-7-6-17(21)12-19(18)22/h2-7,9,11-12,14,20H,8,10,13H2,1H3. The number of aromatic nitrogens is 2. The van der Waals surface area contributed by atoms with Crippen LogP contribution in [0.3, 0.4) is 0 Å². The van der Waals surface area contributed by atoms with E-state index in [1.807, 2.05) is 22.9 Å².